The fourth-order valence-electron chi connectivity index (χ4n) is 0.809. The van der Waals surface area contributed by atoms with E-state index in [1.54, 1.807) is 0 Å². The summed E-state index contributed by atoms with van der Waals surface area (Å²) in [6.07, 6.45) is 4.65. The lowest BCUT2D eigenvalue weighted by Gasteiger charge is -2.44. The number of hydrogen-bond acceptors (Lipinski definition) is 1. The largest absolute Gasteiger partial charge is 0.274 e. The van der Waals surface area contributed by atoms with Crippen LogP contribution < -0.4 is 0 Å². The van der Waals surface area contributed by atoms with Crippen LogP contribution in [-0.2, 0) is 0 Å². The molecule has 0 amide bonds. The lowest BCUT2D eigenvalue weighted by Crippen LogP contribution is -2.26. The zero-order valence-corrected chi connectivity index (χ0v) is 9.46. The Balaban J connectivity index is 4.41. The average molecular weight is 175 g/mol. The highest BCUT2D eigenvalue weighted by atomic mass is 32.3. The van der Waals surface area contributed by atoms with Crippen LogP contribution in [0.1, 0.15) is 13.8 Å². The van der Waals surface area contributed by atoms with E-state index in [9.17, 15) is 0 Å². The zero-order chi connectivity index (χ0) is 9.23. The fraction of sp³-hybridized carbons (Fsp3) is 0.778. The molecular weight excluding hydrogens is 154 g/mol. The van der Waals surface area contributed by atoms with Gasteiger partial charge in [-0.2, -0.15) is 10.2 Å². The van der Waals surface area contributed by atoms with Gasteiger partial charge in [-0.15, -0.1) is 0 Å². The Morgan fingerprint density at radius 2 is 1.73 bits per heavy atom. The fourth-order valence-corrected chi connectivity index (χ4v) is 2.43. The van der Waals surface area contributed by atoms with E-state index in [1.165, 1.54) is 5.57 Å². The zero-order valence-electron chi connectivity index (χ0n) is 8.64. The molecule has 1 atom stereocenters. The van der Waals surface area contributed by atoms with Crippen molar-refractivity contribution in [3.63, 3.8) is 0 Å². The highest BCUT2D eigenvalue weighted by molar-refractivity contribution is 8.31. The highest BCUT2D eigenvalue weighted by Gasteiger charge is 2.22. The summed E-state index contributed by atoms with van der Waals surface area (Å²) in [5.74, 6) is 0. The number of hydrogen-bond donors (Lipinski definition) is 0. The van der Waals surface area contributed by atoms with Gasteiger partial charge in [-0.05, 0) is 40.5 Å². The van der Waals surface area contributed by atoms with E-state index in [0.717, 1.165) is 0 Å². The second-order valence-electron chi connectivity index (χ2n) is 3.65. The smallest absolute Gasteiger partial charge is 0.0177 e. The van der Waals surface area contributed by atoms with Crippen molar-refractivity contribution in [1.29, 1.82) is 0 Å². The lowest BCUT2D eigenvalue weighted by atomic mass is 10.3. The Morgan fingerprint density at radius 1 is 1.36 bits per heavy atom. The molecule has 0 aromatic rings. The van der Waals surface area contributed by atoms with E-state index in [4.69, 9.17) is 0 Å². The molecule has 0 aliphatic carbocycles. The molecule has 0 heterocycles. The van der Waals surface area contributed by atoms with Crippen LogP contribution in [0.2, 0.25) is 0 Å². The highest BCUT2D eigenvalue weighted by Crippen LogP contribution is 2.49. The summed E-state index contributed by atoms with van der Waals surface area (Å²) >= 11 is 0. The minimum Gasteiger partial charge on any atom is -0.274 e. The van der Waals surface area contributed by atoms with Crippen molar-refractivity contribution in [3.8, 4) is 0 Å². The molecule has 0 aliphatic heterocycles. The van der Waals surface area contributed by atoms with Gasteiger partial charge in [-0.25, -0.2) is 0 Å². The van der Waals surface area contributed by atoms with Crippen LogP contribution in [0.15, 0.2) is 12.2 Å². The lowest BCUT2D eigenvalue weighted by molar-refractivity contribution is 0.676. The van der Waals surface area contributed by atoms with E-state index in [0.29, 0.717) is 5.25 Å². The molecule has 0 rings (SSSR count). The van der Waals surface area contributed by atoms with E-state index in [2.05, 4.69) is 51.3 Å². The summed E-state index contributed by atoms with van der Waals surface area (Å²) in [7, 11) is 3.65. The molecule has 1 nitrogen and oxygen atoms in total. The summed E-state index contributed by atoms with van der Waals surface area (Å²) in [6.45, 7) is 8.37. The molecule has 0 aliphatic rings. The molecule has 11 heavy (non-hydrogen) atoms. The van der Waals surface area contributed by atoms with Crippen molar-refractivity contribution in [2.75, 3.05) is 26.6 Å². The third-order valence-electron chi connectivity index (χ3n) is 2.50. The van der Waals surface area contributed by atoms with Crippen LogP contribution in [-0.4, -0.2) is 36.2 Å². The van der Waals surface area contributed by atoms with Gasteiger partial charge in [0.2, 0.25) is 0 Å². The maximum atomic E-state index is 4.00. The van der Waals surface area contributed by atoms with E-state index in [1.807, 2.05) is 0 Å². The second-order valence-corrected chi connectivity index (χ2v) is 7.79. The van der Waals surface area contributed by atoms with Crippen LogP contribution in [0.5, 0.6) is 0 Å². The summed E-state index contributed by atoms with van der Waals surface area (Å²) in [4.78, 5) is 0. The maximum Gasteiger partial charge on any atom is 0.0177 e. The number of nitrogens with zero attached hydrogens (tertiary/aromatic N) is 1. The van der Waals surface area contributed by atoms with Gasteiger partial charge in [0.05, 0.1) is 0 Å². The Kier molecular flexibility index (Phi) is 3.65. The molecule has 0 saturated heterocycles. The van der Waals surface area contributed by atoms with Crippen molar-refractivity contribution >= 4 is 10.2 Å². The normalized spacial score (nSPS) is 16.6. The maximum absolute atomic E-state index is 4.00. The van der Waals surface area contributed by atoms with Gasteiger partial charge in [0, 0.05) is 5.25 Å². The molecule has 2 heteroatoms. The Labute approximate surface area is 72.9 Å². The molecule has 68 valence electrons. The SMILES string of the molecule is C=C(C)C(C)S(C)(C)N(C)C. The first-order valence-corrected chi connectivity index (χ1v) is 6.32. The van der Waals surface area contributed by atoms with Crippen LogP contribution in [0.4, 0.5) is 0 Å². The standard InChI is InChI=1S/C9H21NS/c1-8(2)9(3)11(6,7)10(4)5/h9H,1H2,2-7H3. The summed E-state index contributed by atoms with van der Waals surface area (Å²) in [5.41, 5.74) is 1.29. The predicted octanol–water partition coefficient (Wildman–Crippen LogP) is 2.49. The molecule has 0 bridgehead atoms. The minimum atomic E-state index is -0.642. The van der Waals surface area contributed by atoms with Crippen molar-refractivity contribution < 1.29 is 0 Å². The monoisotopic (exact) mass is 175 g/mol. The average Bonchev–Trinajstić information content (AvgIpc) is 1.85. The first-order valence-electron chi connectivity index (χ1n) is 3.85. The van der Waals surface area contributed by atoms with E-state index >= 15 is 0 Å². The van der Waals surface area contributed by atoms with Gasteiger partial charge in [0.15, 0.2) is 0 Å². The Hall–Kier alpha value is 0.0500. The van der Waals surface area contributed by atoms with Crippen molar-refractivity contribution in [2.45, 2.75) is 19.1 Å². The first kappa shape index (κ1) is 11.1. The van der Waals surface area contributed by atoms with Gasteiger partial charge in [-0.3, -0.25) is 4.31 Å². The van der Waals surface area contributed by atoms with Gasteiger partial charge >= 0.3 is 0 Å². The Bertz CT molecular complexity index is 150. The van der Waals surface area contributed by atoms with Crippen molar-refractivity contribution in [1.82, 2.24) is 4.31 Å². The number of rotatable bonds is 3. The van der Waals surface area contributed by atoms with Crippen molar-refractivity contribution in [2.24, 2.45) is 0 Å². The Morgan fingerprint density at radius 3 is 1.82 bits per heavy atom. The molecule has 0 fully saturated rings. The molecule has 1 unspecified atom stereocenters. The summed E-state index contributed by atoms with van der Waals surface area (Å²) in [6, 6.07) is 0. The van der Waals surface area contributed by atoms with Crippen LogP contribution >= 0.6 is 10.2 Å². The van der Waals surface area contributed by atoms with E-state index < -0.39 is 10.2 Å². The van der Waals surface area contributed by atoms with Gasteiger partial charge in [0.25, 0.3) is 0 Å². The topological polar surface area (TPSA) is 3.24 Å². The van der Waals surface area contributed by atoms with Gasteiger partial charge in [0.1, 0.15) is 0 Å². The molecule has 0 aromatic heterocycles. The quantitative estimate of drug-likeness (QED) is 0.596. The van der Waals surface area contributed by atoms with Crippen LogP contribution in [0.25, 0.3) is 0 Å². The van der Waals surface area contributed by atoms with Crippen molar-refractivity contribution in [3.05, 3.63) is 12.2 Å². The van der Waals surface area contributed by atoms with Crippen LogP contribution in [0.3, 0.4) is 0 Å². The molecule has 0 radical (unpaired) electrons. The molecule has 0 spiro atoms. The molecule has 0 aromatic carbocycles. The van der Waals surface area contributed by atoms with Crippen LogP contribution in [0, 0.1) is 0 Å². The third-order valence-corrected chi connectivity index (χ3v) is 6.52. The summed E-state index contributed by atoms with van der Waals surface area (Å²) < 4.78 is 2.33. The van der Waals surface area contributed by atoms with Gasteiger partial charge < -0.3 is 0 Å². The van der Waals surface area contributed by atoms with E-state index in [-0.39, 0.29) is 0 Å². The molecule has 0 saturated carbocycles. The first-order chi connectivity index (χ1) is 4.80. The van der Waals surface area contributed by atoms with Gasteiger partial charge in [-0.1, -0.05) is 12.2 Å². The minimum absolute atomic E-state index is 0.623. The molecule has 0 N–H and O–H groups in total. The summed E-state index contributed by atoms with van der Waals surface area (Å²) in [5, 5.41) is 0.623. The predicted molar refractivity (Wildman–Crippen MR) is 57.4 cm³/mol. The third kappa shape index (κ3) is 2.53. The second kappa shape index (κ2) is 3.63. The molecular formula is C9H21NS.